The van der Waals surface area contributed by atoms with E-state index in [4.69, 9.17) is 25.2 Å². The van der Waals surface area contributed by atoms with Gasteiger partial charge in [0.1, 0.15) is 18.5 Å². The molecule has 1 fully saturated rings. The number of piperidine rings is 1. The highest BCUT2D eigenvalue weighted by molar-refractivity contribution is 6.02. The van der Waals surface area contributed by atoms with Gasteiger partial charge < -0.3 is 25.1 Å². The van der Waals surface area contributed by atoms with Crippen LogP contribution < -0.4 is 5.32 Å². The molecule has 1 saturated heterocycles. The first-order valence-corrected chi connectivity index (χ1v) is 10.8. The van der Waals surface area contributed by atoms with Crippen molar-refractivity contribution in [3.63, 3.8) is 0 Å². The Balaban J connectivity index is 1.60. The van der Waals surface area contributed by atoms with Crippen molar-refractivity contribution in [1.82, 2.24) is 10.2 Å². The molecule has 174 valence electrons. The van der Waals surface area contributed by atoms with Crippen LogP contribution in [0.3, 0.4) is 0 Å². The Morgan fingerprint density at radius 1 is 1.25 bits per heavy atom. The minimum atomic E-state index is -1.04. The van der Waals surface area contributed by atoms with Crippen LogP contribution in [0.1, 0.15) is 43.7 Å². The van der Waals surface area contributed by atoms with Crippen LogP contribution >= 0.6 is 0 Å². The molecule has 2 heterocycles. The number of benzene rings is 1. The van der Waals surface area contributed by atoms with E-state index < -0.39 is 24.1 Å². The summed E-state index contributed by atoms with van der Waals surface area (Å²) < 4.78 is 5.82. The Morgan fingerprint density at radius 2 is 1.94 bits per heavy atom. The van der Waals surface area contributed by atoms with Gasteiger partial charge in [0.25, 0.3) is 0 Å². The zero-order valence-corrected chi connectivity index (χ0v) is 18.2. The van der Waals surface area contributed by atoms with Crippen molar-refractivity contribution in [2.24, 2.45) is 5.16 Å². The van der Waals surface area contributed by atoms with E-state index in [0.29, 0.717) is 51.2 Å². The lowest BCUT2D eigenvalue weighted by atomic mass is 9.84. The lowest BCUT2D eigenvalue weighted by molar-refractivity contribution is -0.159. The van der Waals surface area contributed by atoms with E-state index in [0.717, 1.165) is 16.8 Å². The van der Waals surface area contributed by atoms with Crippen molar-refractivity contribution in [2.75, 3.05) is 32.8 Å². The Bertz CT molecular complexity index is 862. The quantitative estimate of drug-likeness (QED) is 0.313. The van der Waals surface area contributed by atoms with Crippen molar-refractivity contribution in [2.45, 2.75) is 44.3 Å². The molecule has 1 aromatic carbocycles. The van der Waals surface area contributed by atoms with Gasteiger partial charge >= 0.3 is 11.9 Å². The number of amidine groups is 1. The number of carboxylic acids is 2. The molecule has 1 aromatic rings. The molecule has 0 saturated carbocycles. The van der Waals surface area contributed by atoms with E-state index in [-0.39, 0.29) is 12.6 Å². The molecule has 4 N–H and O–H groups in total. The molecule has 0 aromatic heterocycles. The van der Waals surface area contributed by atoms with Gasteiger partial charge in [-0.2, -0.15) is 0 Å². The summed E-state index contributed by atoms with van der Waals surface area (Å²) in [6.45, 7) is 3.22. The zero-order chi connectivity index (χ0) is 23.1. The van der Waals surface area contributed by atoms with E-state index in [1.807, 2.05) is 36.1 Å². The largest absolute Gasteiger partial charge is 0.480 e. The molecule has 1 unspecified atom stereocenters. The Kier molecular flexibility index (Phi) is 7.81. The smallest absolute Gasteiger partial charge is 0.329 e. The lowest BCUT2D eigenvalue weighted by Crippen LogP contribution is -2.49. The molecule has 2 aliphatic heterocycles. The number of oxime groups is 1. The van der Waals surface area contributed by atoms with Crippen molar-refractivity contribution in [3.05, 3.63) is 35.4 Å². The van der Waals surface area contributed by atoms with Crippen LogP contribution in [-0.2, 0) is 19.2 Å². The van der Waals surface area contributed by atoms with Gasteiger partial charge in [-0.05, 0) is 25.3 Å². The molecule has 2 aliphatic rings. The Morgan fingerprint density at radius 3 is 2.53 bits per heavy atom. The van der Waals surface area contributed by atoms with E-state index in [9.17, 15) is 9.59 Å². The number of nitrogens with one attached hydrogen (secondary N) is 2. The molecule has 0 radical (unpaired) electrons. The first kappa shape index (κ1) is 23.7. The number of nitrogens with zero attached hydrogens (tertiary/aromatic N) is 2. The predicted octanol–water partition coefficient (Wildman–Crippen LogP) is 1.52. The van der Waals surface area contributed by atoms with Crippen molar-refractivity contribution >= 4 is 23.5 Å². The normalized spacial score (nSPS) is 20.3. The van der Waals surface area contributed by atoms with E-state index in [1.54, 1.807) is 0 Å². The highest BCUT2D eigenvalue weighted by atomic mass is 16.6. The second-order valence-electron chi connectivity index (χ2n) is 8.19. The summed E-state index contributed by atoms with van der Waals surface area (Å²) in [7, 11) is 0. The van der Waals surface area contributed by atoms with Crippen LogP contribution in [0.5, 0.6) is 0 Å². The van der Waals surface area contributed by atoms with Crippen molar-refractivity contribution in [1.29, 1.82) is 5.41 Å². The molecular weight excluding hydrogens is 416 g/mol. The van der Waals surface area contributed by atoms with Crippen LogP contribution in [0, 0.1) is 5.41 Å². The molecule has 10 nitrogen and oxygen atoms in total. The number of carboxylic acid groups (broad SMARTS) is 2. The van der Waals surface area contributed by atoms with Gasteiger partial charge in [0, 0.05) is 38.0 Å². The van der Waals surface area contributed by atoms with Gasteiger partial charge in [-0.3, -0.25) is 15.1 Å². The minimum absolute atomic E-state index is 0.0383. The number of ether oxygens (including phenoxy) is 1. The van der Waals surface area contributed by atoms with Crippen LogP contribution in [0.15, 0.2) is 29.4 Å². The summed E-state index contributed by atoms with van der Waals surface area (Å²) in [4.78, 5) is 29.6. The first-order chi connectivity index (χ1) is 15.3. The predicted molar refractivity (Wildman–Crippen MR) is 117 cm³/mol. The second-order valence-corrected chi connectivity index (χ2v) is 8.19. The molecular formula is C22H30N4O6. The van der Waals surface area contributed by atoms with Crippen molar-refractivity contribution in [3.8, 4) is 0 Å². The molecule has 0 amide bonds. The average molecular weight is 447 g/mol. The molecule has 0 aliphatic carbocycles. The third-order valence-corrected chi connectivity index (χ3v) is 5.82. The highest BCUT2D eigenvalue weighted by Crippen LogP contribution is 2.34. The third-order valence-electron chi connectivity index (χ3n) is 5.82. The third kappa shape index (κ3) is 6.27. The summed E-state index contributed by atoms with van der Waals surface area (Å²) in [5, 5.41) is 33.3. The lowest BCUT2D eigenvalue weighted by Gasteiger charge is -2.41. The standard InChI is InChI=1S/C22H30N4O6/c1-2-24-21(23)16-5-3-15(4-6-16)18-11-17(32-25-18)12-22(31-14-20(29)30)7-9-26(10-8-22)13-19(27)28/h3-6,17H,2,7-14H2,1H3,(H2,23,24)(H,27,28)(H,29,30). The van der Waals surface area contributed by atoms with Crippen molar-refractivity contribution < 1.29 is 29.4 Å². The Hall–Kier alpha value is -2.98. The fourth-order valence-corrected chi connectivity index (χ4v) is 4.16. The fourth-order valence-electron chi connectivity index (χ4n) is 4.16. The zero-order valence-electron chi connectivity index (χ0n) is 18.2. The summed E-state index contributed by atoms with van der Waals surface area (Å²) >= 11 is 0. The van der Waals surface area contributed by atoms with Gasteiger partial charge in [-0.25, -0.2) is 4.79 Å². The number of carbonyl (C=O) groups is 2. The highest BCUT2D eigenvalue weighted by Gasteiger charge is 2.40. The van der Waals surface area contributed by atoms with Gasteiger partial charge in [-0.15, -0.1) is 0 Å². The number of hydrogen-bond acceptors (Lipinski definition) is 7. The molecule has 1 atom stereocenters. The maximum Gasteiger partial charge on any atom is 0.329 e. The topological polar surface area (TPSA) is 145 Å². The molecule has 3 rings (SSSR count). The summed E-state index contributed by atoms with van der Waals surface area (Å²) in [6, 6.07) is 7.55. The average Bonchev–Trinajstić information content (AvgIpc) is 3.22. The molecule has 32 heavy (non-hydrogen) atoms. The Labute approximate surface area is 186 Å². The maximum atomic E-state index is 11.1. The van der Waals surface area contributed by atoms with E-state index >= 15 is 0 Å². The van der Waals surface area contributed by atoms with E-state index in [2.05, 4.69) is 10.5 Å². The number of rotatable bonds is 10. The summed E-state index contributed by atoms with van der Waals surface area (Å²) in [5.41, 5.74) is 1.82. The van der Waals surface area contributed by atoms with Crippen LogP contribution in [0.25, 0.3) is 0 Å². The molecule has 0 bridgehead atoms. The number of likely N-dealkylation sites (tertiary alicyclic amines) is 1. The van der Waals surface area contributed by atoms with E-state index in [1.165, 1.54) is 0 Å². The minimum Gasteiger partial charge on any atom is -0.480 e. The molecule has 0 spiro atoms. The fraction of sp³-hybridized carbons (Fsp3) is 0.545. The summed E-state index contributed by atoms with van der Waals surface area (Å²) in [5.74, 6) is -1.55. The second kappa shape index (κ2) is 10.6. The monoisotopic (exact) mass is 446 g/mol. The number of aliphatic carboxylic acids is 2. The van der Waals surface area contributed by atoms with Crippen LogP contribution in [0.4, 0.5) is 0 Å². The number of hydrogen-bond donors (Lipinski definition) is 4. The van der Waals surface area contributed by atoms with Gasteiger partial charge in [0.2, 0.25) is 0 Å². The van der Waals surface area contributed by atoms with Gasteiger partial charge in [0.15, 0.2) is 0 Å². The SMILES string of the molecule is CCNC(=N)c1ccc(C2=NOC(CC3(OCC(=O)O)CCN(CC(=O)O)CC3)C2)cc1. The van der Waals surface area contributed by atoms with Crippen LogP contribution in [-0.4, -0.2) is 83.1 Å². The summed E-state index contributed by atoms with van der Waals surface area (Å²) in [6.07, 6.45) is 1.87. The molecule has 10 heteroatoms. The van der Waals surface area contributed by atoms with Gasteiger partial charge in [0.05, 0.1) is 17.9 Å². The maximum absolute atomic E-state index is 11.1. The first-order valence-electron chi connectivity index (χ1n) is 10.8. The van der Waals surface area contributed by atoms with Crippen LogP contribution in [0.2, 0.25) is 0 Å². The van der Waals surface area contributed by atoms with Gasteiger partial charge in [-0.1, -0.05) is 29.4 Å².